The zero-order valence-electron chi connectivity index (χ0n) is 40.8. The molecule has 2 unspecified atom stereocenters. The molecule has 11 aromatic rings. The number of nitrogens with zero attached hydrogens (tertiary/aromatic N) is 3. The Hall–Kier alpha value is -7.96. The highest BCUT2D eigenvalue weighted by Crippen LogP contribution is 2.62. The van der Waals surface area contributed by atoms with Crippen molar-refractivity contribution < 1.29 is 8.83 Å². The summed E-state index contributed by atoms with van der Waals surface area (Å²) in [4.78, 5) is 7.82. The maximum Gasteiger partial charge on any atom is 0.252 e. The van der Waals surface area contributed by atoms with Gasteiger partial charge in [-0.05, 0) is 157 Å². The summed E-state index contributed by atoms with van der Waals surface area (Å²) in [6, 6.07) is 65.4. The maximum atomic E-state index is 6.99. The topological polar surface area (TPSA) is 36.0 Å². The first-order valence-electron chi connectivity index (χ1n) is 25.5. The van der Waals surface area contributed by atoms with Crippen LogP contribution in [0, 0.1) is 20.8 Å². The number of furan rings is 2. The van der Waals surface area contributed by atoms with Crippen LogP contribution in [0.2, 0.25) is 0 Å². The minimum atomic E-state index is -0.104. The lowest BCUT2D eigenvalue weighted by Gasteiger charge is -2.51. The Kier molecular flexibility index (Phi) is 8.38. The number of benzene rings is 9. The fourth-order valence-electron chi connectivity index (χ4n) is 14.1. The Bertz CT molecular complexity index is 4070. The van der Waals surface area contributed by atoms with Crippen molar-refractivity contribution in [3.8, 4) is 11.1 Å². The summed E-state index contributed by atoms with van der Waals surface area (Å²) >= 11 is 0. The minimum Gasteiger partial charge on any atom is -0.456 e. The molecule has 2 aromatic heterocycles. The molecule has 3 aliphatic heterocycles. The van der Waals surface area contributed by atoms with Crippen LogP contribution in [-0.2, 0) is 5.41 Å². The molecule has 1 aliphatic carbocycles. The van der Waals surface area contributed by atoms with Gasteiger partial charge < -0.3 is 23.5 Å². The van der Waals surface area contributed by atoms with Crippen molar-refractivity contribution in [2.75, 3.05) is 14.7 Å². The second-order valence-corrected chi connectivity index (χ2v) is 21.4. The van der Waals surface area contributed by atoms with Crippen molar-refractivity contribution in [1.29, 1.82) is 0 Å². The van der Waals surface area contributed by atoms with Gasteiger partial charge in [0.1, 0.15) is 16.7 Å². The molecule has 0 spiro atoms. The Balaban J connectivity index is 1.03. The highest BCUT2D eigenvalue weighted by atomic mass is 16.3. The van der Waals surface area contributed by atoms with E-state index in [-0.39, 0.29) is 17.7 Å². The zero-order valence-corrected chi connectivity index (χ0v) is 40.8. The summed E-state index contributed by atoms with van der Waals surface area (Å²) in [5, 5.41) is 4.48. The van der Waals surface area contributed by atoms with E-state index in [9.17, 15) is 0 Å². The lowest BCUT2D eigenvalue weighted by molar-refractivity contribution is 0.194. The summed E-state index contributed by atoms with van der Waals surface area (Å²) in [5.74, 6) is 0. The number of aryl methyl sites for hydroxylation is 3. The van der Waals surface area contributed by atoms with Crippen LogP contribution in [0.25, 0.3) is 55.0 Å². The van der Waals surface area contributed by atoms with E-state index < -0.39 is 0 Å². The van der Waals surface area contributed by atoms with Gasteiger partial charge in [-0.3, -0.25) is 0 Å². The van der Waals surface area contributed by atoms with Crippen molar-refractivity contribution in [2.45, 2.75) is 71.3 Å². The molecule has 0 saturated heterocycles. The molecule has 5 nitrogen and oxygen atoms in total. The van der Waals surface area contributed by atoms with Crippen molar-refractivity contribution in [1.82, 2.24) is 0 Å². The van der Waals surface area contributed by atoms with Crippen LogP contribution in [0.5, 0.6) is 0 Å². The van der Waals surface area contributed by atoms with Crippen LogP contribution in [0.1, 0.15) is 61.8 Å². The SMILES string of the molecule is Cc1cc2c3c(c1)N(c1cccc4c1oc1ccccc14)c1cc(N4c5cc(C)cc(C)c5C5(C)CCCCC45C)ccc1B3c1ccc(-c3ccccc3)cc1N2c1ccc2c(c1)oc1ccccc12. The monoisotopic (exact) mass is 917 g/mol. The first-order valence-corrected chi connectivity index (χ1v) is 25.5. The molecule has 1 fully saturated rings. The Labute approximate surface area is 414 Å². The average Bonchev–Trinajstić information content (AvgIpc) is 4.02. The van der Waals surface area contributed by atoms with E-state index in [2.05, 4.69) is 219 Å². The van der Waals surface area contributed by atoms with Gasteiger partial charge in [-0.15, -0.1) is 0 Å². The molecule has 15 rings (SSSR count). The predicted molar refractivity (Wildman–Crippen MR) is 297 cm³/mol. The second kappa shape index (κ2) is 14.6. The van der Waals surface area contributed by atoms with Crippen LogP contribution < -0.4 is 31.1 Å². The highest BCUT2D eigenvalue weighted by molar-refractivity contribution is 7.00. The third-order valence-corrected chi connectivity index (χ3v) is 17.3. The van der Waals surface area contributed by atoms with Gasteiger partial charge in [-0.1, -0.05) is 123 Å². The first-order chi connectivity index (χ1) is 34.7. The van der Waals surface area contributed by atoms with Crippen LogP contribution >= 0.6 is 0 Å². The van der Waals surface area contributed by atoms with Gasteiger partial charge >= 0.3 is 0 Å². The fraction of sp³-hybridized carbons (Fsp3) is 0.169. The predicted octanol–water partition coefficient (Wildman–Crippen LogP) is 15.9. The summed E-state index contributed by atoms with van der Waals surface area (Å²) < 4.78 is 13.6. The summed E-state index contributed by atoms with van der Waals surface area (Å²) in [5.41, 5.74) is 24.4. The average molecular weight is 918 g/mol. The molecule has 2 atom stereocenters. The number of hydrogen-bond acceptors (Lipinski definition) is 5. The second-order valence-electron chi connectivity index (χ2n) is 21.4. The number of rotatable bonds is 4. The quantitative estimate of drug-likeness (QED) is 0.164. The van der Waals surface area contributed by atoms with Crippen LogP contribution in [0.15, 0.2) is 185 Å². The third kappa shape index (κ3) is 5.53. The van der Waals surface area contributed by atoms with Gasteiger partial charge in [0.2, 0.25) is 0 Å². The van der Waals surface area contributed by atoms with Crippen LogP contribution in [0.3, 0.4) is 0 Å². The van der Waals surface area contributed by atoms with Crippen molar-refractivity contribution in [3.05, 3.63) is 198 Å². The minimum absolute atomic E-state index is 0.0139. The molecule has 4 aliphatic rings. The van der Waals surface area contributed by atoms with Crippen molar-refractivity contribution >= 4 is 112 Å². The fourth-order valence-corrected chi connectivity index (χ4v) is 14.1. The third-order valence-electron chi connectivity index (χ3n) is 17.3. The van der Waals surface area contributed by atoms with E-state index in [0.29, 0.717) is 0 Å². The van der Waals surface area contributed by atoms with E-state index in [4.69, 9.17) is 8.83 Å². The molecule has 0 bridgehead atoms. The van der Waals surface area contributed by atoms with E-state index in [1.807, 2.05) is 6.07 Å². The van der Waals surface area contributed by atoms with Crippen LogP contribution in [0.4, 0.5) is 45.5 Å². The molecule has 0 amide bonds. The standard InChI is InChI=1S/C65H52BN3O2/c1-39-32-41(3)61-55(33-39)69(65(5)31-14-13-30-64(61,65)4)45-26-29-51-54(37-45)68(52-21-15-20-49-47-19-10-12-23-59(47)71-63(49)52)57-35-40(2)34-56-62(57)66(51)50-28-24-43(42-16-7-6-8-17-42)36-53(50)67(56)44-25-27-48-46-18-9-11-22-58(46)70-60(48)38-44/h6-12,15-29,32-38H,13-14,30-31H2,1-5H3. The lowest BCUT2D eigenvalue weighted by atomic mass is 9.33. The van der Waals surface area contributed by atoms with Gasteiger partial charge in [0.25, 0.3) is 6.71 Å². The molecular weight excluding hydrogens is 866 g/mol. The number of fused-ring (bicyclic) bond motifs is 13. The molecule has 1 saturated carbocycles. The van der Waals surface area contributed by atoms with E-state index >= 15 is 0 Å². The smallest absolute Gasteiger partial charge is 0.252 e. The van der Waals surface area contributed by atoms with Gasteiger partial charge in [-0.25, -0.2) is 0 Å². The molecule has 0 N–H and O–H groups in total. The molecule has 0 radical (unpaired) electrons. The van der Waals surface area contributed by atoms with Crippen molar-refractivity contribution in [2.24, 2.45) is 0 Å². The Morgan fingerprint density at radius 2 is 1.08 bits per heavy atom. The Morgan fingerprint density at radius 3 is 1.90 bits per heavy atom. The van der Waals surface area contributed by atoms with Gasteiger partial charge in [0, 0.05) is 72.8 Å². The van der Waals surface area contributed by atoms with Crippen LogP contribution in [-0.4, -0.2) is 12.3 Å². The largest absolute Gasteiger partial charge is 0.456 e. The molecular formula is C65H52BN3O2. The molecule has 9 aromatic carbocycles. The number of hydrogen-bond donors (Lipinski definition) is 0. The molecule has 342 valence electrons. The zero-order chi connectivity index (χ0) is 47.5. The summed E-state index contributed by atoms with van der Waals surface area (Å²) in [6.45, 7) is 11.9. The van der Waals surface area contributed by atoms with E-state index in [0.717, 1.165) is 67.4 Å². The lowest BCUT2D eigenvalue weighted by Crippen LogP contribution is -2.61. The number of anilines is 8. The van der Waals surface area contributed by atoms with Gasteiger partial charge in [0.05, 0.1) is 11.2 Å². The van der Waals surface area contributed by atoms with E-state index in [1.165, 1.54) is 97.5 Å². The van der Waals surface area contributed by atoms with Crippen molar-refractivity contribution in [3.63, 3.8) is 0 Å². The van der Waals surface area contributed by atoms with E-state index in [1.54, 1.807) is 0 Å². The molecule has 71 heavy (non-hydrogen) atoms. The highest BCUT2D eigenvalue weighted by Gasteiger charge is 2.58. The summed E-state index contributed by atoms with van der Waals surface area (Å²) in [7, 11) is 0. The van der Waals surface area contributed by atoms with Gasteiger partial charge in [0.15, 0.2) is 5.58 Å². The maximum absolute atomic E-state index is 6.99. The number of para-hydroxylation sites is 3. The molecule has 6 heteroatoms. The molecule has 5 heterocycles. The first kappa shape index (κ1) is 40.9. The Morgan fingerprint density at radius 1 is 0.451 bits per heavy atom. The summed E-state index contributed by atoms with van der Waals surface area (Å²) in [6.07, 6.45) is 4.79. The normalized spacial score (nSPS) is 18.8. The van der Waals surface area contributed by atoms with Gasteiger partial charge in [-0.2, -0.15) is 0 Å².